The number of anilines is 1. The van der Waals surface area contributed by atoms with Crippen molar-refractivity contribution in [2.45, 2.75) is 32.5 Å². The Morgan fingerprint density at radius 1 is 1.00 bits per heavy atom. The average molecular weight is 574 g/mol. The number of ether oxygens (including phenoxy) is 1. The lowest BCUT2D eigenvalue weighted by molar-refractivity contribution is -0.137. The van der Waals surface area contributed by atoms with Gasteiger partial charge in [-0.1, -0.05) is 54.6 Å². The van der Waals surface area contributed by atoms with E-state index >= 15 is 0 Å². The van der Waals surface area contributed by atoms with Gasteiger partial charge in [-0.25, -0.2) is 14.2 Å². The molecule has 218 valence electrons. The van der Waals surface area contributed by atoms with Gasteiger partial charge in [0.15, 0.2) is 0 Å². The van der Waals surface area contributed by atoms with E-state index in [9.17, 15) is 23.9 Å². The molecule has 1 atom stereocenters. The van der Waals surface area contributed by atoms with Gasteiger partial charge in [0, 0.05) is 31.4 Å². The number of H-pyrrole nitrogens is 1. The summed E-state index contributed by atoms with van der Waals surface area (Å²) in [5, 5.41) is 11.7. The van der Waals surface area contributed by atoms with Crippen LogP contribution in [-0.4, -0.2) is 57.0 Å². The van der Waals surface area contributed by atoms with Crippen LogP contribution in [0.2, 0.25) is 0 Å². The zero-order chi connectivity index (χ0) is 29.9. The van der Waals surface area contributed by atoms with E-state index in [1.165, 1.54) is 40.5 Å². The van der Waals surface area contributed by atoms with E-state index in [1.54, 1.807) is 37.3 Å². The Bertz CT molecular complexity index is 1460. The van der Waals surface area contributed by atoms with Gasteiger partial charge in [-0.05, 0) is 42.3 Å². The van der Waals surface area contributed by atoms with Crippen LogP contribution in [-0.2, 0) is 29.2 Å². The fourth-order valence-electron chi connectivity index (χ4n) is 4.45. The van der Waals surface area contributed by atoms with Gasteiger partial charge < -0.3 is 29.9 Å². The van der Waals surface area contributed by atoms with Crippen molar-refractivity contribution >= 4 is 23.6 Å². The van der Waals surface area contributed by atoms with Crippen LogP contribution in [0.15, 0.2) is 91.4 Å². The smallest absolute Gasteiger partial charge is 0.405 e. The zero-order valence-corrected chi connectivity index (χ0v) is 23.1. The molecule has 3 aromatic carbocycles. The van der Waals surface area contributed by atoms with Crippen molar-refractivity contribution < 1.29 is 28.6 Å². The van der Waals surface area contributed by atoms with Gasteiger partial charge in [-0.15, -0.1) is 0 Å². The number of carbonyl (C=O) groups is 3. The van der Waals surface area contributed by atoms with E-state index in [-0.39, 0.29) is 25.2 Å². The summed E-state index contributed by atoms with van der Waals surface area (Å²) in [5.41, 5.74) is 2.33. The summed E-state index contributed by atoms with van der Waals surface area (Å²) >= 11 is 0. The molecule has 0 aliphatic carbocycles. The van der Waals surface area contributed by atoms with Gasteiger partial charge in [0.05, 0.1) is 12.0 Å². The number of imidazole rings is 1. The number of para-hydroxylation sites is 1. The van der Waals surface area contributed by atoms with Gasteiger partial charge in [0.2, 0.25) is 11.8 Å². The summed E-state index contributed by atoms with van der Waals surface area (Å²) < 4.78 is 20.4. The Balaban J connectivity index is 1.55. The summed E-state index contributed by atoms with van der Waals surface area (Å²) in [6.07, 6.45) is 1.52. The summed E-state index contributed by atoms with van der Waals surface area (Å²) in [5.74, 6) is -1.08. The molecule has 3 amide bonds. The number of carboxylic acid groups (broad SMARTS) is 1. The maximum absolute atomic E-state index is 14.6. The maximum atomic E-state index is 14.6. The fraction of sp³-hybridized carbons (Fsp3) is 0.226. The number of hydrogen-bond acceptors (Lipinski definition) is 5. The van der Waals surface area contributed by atoms with Crippen LogP contribution in [0.25, 0.3) is 0 Å². The molecule has 3 N–H and O–H groups in total. The first kappa shape index (κ1) is 29.8. The number of rotatable bonds is 13. The fourth-order valence-corrected chi connectivity index (χ4v) is 4.45. The monoisotopic (exact) mass is 573 g/mol. The van der Waals surface area contributed by atoms with Crippen molar-refractivity contribution in [3.63, 3.8) is 0 Å². The van der Waals surface area contributed by atoms with Crippen molar-refractivity contribution in [1.82, 2.24) is 20.2 Å². The first-order valence-electron chi connectivity index (χ1n) is 13.4. The van der Waals surface area contributed by atoms with Crippen molar-refractivity contribution in [3.05, 3.63) is 114 Å². The second kappa shape index (κ2) is 14.4. The van der Waals surface area contributed by atoms with E-state index in [1.807, 2.05) is 30.3 Å². The van der Waals surface area contributed by atoms with E-state index in [2.05, 4.69) is 15.3 Å². The molecule has 1 unspecified atom stereocenters. The number of aromatic amines is 1. The molecule has 4 aromatic rings. The molecule has 1 aromatic heterocycles. The standard InChI is InChI=1S/C31H32FN5O5/c1-2-37(28-11-7-6-10-26(28)32)29(38)19-36(30(39)27(35-31(40)41)16-24-17-33-21-34-24)18-22-12-14-25(15-13-22)42-20-23-8-4-3-5-9-23/h3-15,17,21,27,35H,2,16,18-20H2,1H3,(H,33,34)(H,40,41). The molecule has 1 heterocycles. The van der Waals surface area contributed by atoms with Gasteiger partial charge in [-0.3, -0.25) is 9.59 Å². The molecule has 0 aliphatic heterocycles. The molecule has 4 rings (SSSR count). The number of nitrogens with one attached hydrogen (secondary N) is 2. The molecule has 0 radical (unpaired) electrons. The topological polar surface area (TPSA) is 128 Å². The number of likely N-dealkylation sites (N-methyl/N-ethyl adjacent to an activating group) is 1. The normalized spacial score (nSPS) is 11.4. The van der Waals surface area contributed by atoms with E-state index in [0.717, 1.165) is 5.56 Å². The lowest BCUT2D eigenvalue weighted by Gasteiger charge is -2.30. The highest BCUT2D eigenvalue weighted by molar-refractivity contribution is 5.97. The van der Waals surface area contributed by atoms with Gasteiger partial charge >= 0.3 is 6.09 Å². The predicted molar refractivity (Wildman–Crippen MR) is 154 cm³/mol. The molecule has 0 bridgehead atoms. The molecule has 0 fully saturated rings. The van der Waals surface area contributed by atoms with E-state index < -0.39 is 36.3 Å². The minimum Gasteiger partial charge on any atom is -0.489 e. The average Bonchev–Trinajstić information content (AvgIpc) is 3.50. The Labute approximate surface area is 242 Å². The third-order valence-corrected chi connectivity index (χ3v) is 6.52. The minimum absolute atomic E-state index is 0.000853. The first-order valence-corrected chi connectivity index (χ1v) is 13.4. The lowest BCUT2D eigenvalue weighted by Crippen LogP contribution is -2.52. The van der Waals surface area contributed by atoms with Crippen LogP contribution < -0.4 is 15.0 Å². The zero-order valence-electron chi connectivity index (χ0n) is 23.1. The summed E-state index contributed by atoms with van der Waals surface area (Å²) in [4.78, 5) is 48.1. The number of aromatic nitrogens is 2. The predicted octanol–water partition coefficient (Wildman–Crippen LogP) is 4.39. The molecular weight excluding hydrogens is 541 g/mol. The largest absolute Gasteiger partial charge is 0.489 e. The van der Waals surface area contributed by atoms with Crippen LogP contribution in [0, 0.1) is 5.82 Å². The molecule has 10 nitrogen and oxygen atoms in total. The highest BCUT2D eigenvalue weighted by Gasteiger charge is 2.30. The number of hydrogen-bond donors (Lipinski definition) is 3. The van der Waals surface area contributed by atoms with Crippen molar-refractivity contribution in [1.29, 1.82) is 0 Å². The van der Waals surface area contributed by atoms with Crippen LogP contribution >= 0.6 is 0 Å². The summed E-state index contributed by atoms with van der Waals surface area (Å²) in [6, 6.07) is 21.5. The van der Waals surface area contributed by atoms with Crippen molar-refractivity contribution in [2.24, 2.45) is 0 Å². The Kier molecular flexibility index (Phi) is 10.2. The van der Waals surface area contributed by atoms with Gasteiger partial charge in [-0.2, -0.15) is 0 Å². The van der Waals surface area contributed by atoms with E-state index in [4.69, 9.17) is 4.74 Å². The number of halogens is 1. The molecule has 11 heteroatoms. The third kappa shape index (κ3) is 8.17. The Morgan fingerprint density at radius 3 is 2.36 bits per heavy atom. The number of nitrogens with zero attached hydrogens (tertiary/aromatic N) is 3. The number of amides is 3. The highest BCUT2D eigenvalue weighted by Crippen LogP contribution is 2.20. The number of carbonyl (C=O) groups excluding carboxylic acids is 2. The maximum Gasteiger partial charge on any atom is 0.405 e. The van der Waals surface area contributed by atoms with Crippen LogP contribution in [0.3, 0.4) is 0 Å². The molecule has 0 aliphatic rings. The van der Waals surface area contributed by atoms with Crippen LogP contribution in [0.4, 0.5) is 14.9 Å². The first-order chi connectivity index (χ1) is 20.3. The van der Waals surface area contributed by atoms with Crippen molar-refractivity contribution in [2.75, 3.05) is 18.0 Å². The summed E-state index contributed by atoms with van der Waals surface area (Å²) in [6.45, 7) is 1.85. The third-order valence-electron chi connectivity index (χ3n) is 6.52. The molecular formula is C31H32FN5O5. The van der Waals surface area contributed by atoms with Crippen LogP contribution in [0.1, 0.15) is 23.7 Å². The molecule has 0 saturated heterocycles. The highest BCUT2D eigenvalue weighted by atomic mass is 19.1. The summed E-state index contributed by atoms with van der Waals surface area (Å²) in [7, 11) is 0. The minimum atomic E-state index is -1.39. The number of benzene rings is 3. The van der Waals surface area contributed by atoms with E-state index in [0.29, 0.717) is 23.6 Å². The molecule has 42 heavy (non-hydrogen) atoms. The van der Waals surface area contributed by atoms with Gasteiger partial charge in [0.25, 0.3) is 0 Å². The Hall–Kier alpha value is -5.19. The van der Waals surface area contributed by atoms with Crippen molar-refractivity contribution in [3.8, 4) is 5.75 Å². The van der Waals surface area contributed by atoms with Crippen LogP contribution in [0.5, 0.6) is 5.75 Å². The SMILES string of the molecule is CCN(C(=O)CN(Cc1ccc(OCc2ccccc2)cc1)C(=O)C(Cc1cnc[nH]1)NC(=O)O)c1ccccc1F. The Morgan fingerprint density at radius 2 is 1.71 bits per heavy atom. The second-order valence-electron chi connectivity index (χ2n) is 9.48. The second-order valence-corrected chi connectivity index (χ2v) is 9.48. The quantitative estimate of drug-likeness (QED) is 0.218. The van der Waals surface area contributed by atoms with Gasteiger partial charge in [0.1, 0.15) is 30.8 Å². The lowest BCUT2D eigenvalue weighted by atomic mass is 10.1. The molecule has 0 spiro atoms. The molecule has 0 saturated carbocycles.